The summed E-state index contributed by atoms with van der Waals surface area (Å²) in [6.45, 7) is 0.599. The highest BCUT2D eigenvalue weighted by atomic mass is 79.9. The molecule has 1 aliphatic rings. The smallest absolute Gasteiger partial charge is 0.136 e. The largest absolute Gasteiger partial charge is 0.493 e. The standard InChI is InChI=1S/C13H13BrN2O2/c14-10-5-6-17-13(10)12(16-15)9-7-18-11-4-2-1-3-8(9)11/h1-6,9,12,16H,7,15H2. The Hall–Kier alpha value is -1.30. The Morgan fingerprint density at radius 2 is 2.17 bits per heavy atom. The second kappa shape index (κ2) is 4.76. The number of para-hydroxylation sites is 1. The van der Waals surface area contributed by atoms with Crippen molar-refractivity contribution in [3.63, 3.8) is 0 Å². The van der Waals surface area contributed by atoms with E-state index in [-0.39, 0.29) is 12.0 Å². The zero-order chi connectivity index (χ0) is 12.5. The van der Waals surface area contributed by atoms with Crippen molar-refractivity contribution in [2.24, 2.45) is 5.84 Å². The van der Waals surface area contributed by atoms with Gasteiger partial charge in [-0.05, 0) is 28.1 Å². The van der Waals surface area contributed by atoms with Crippen LogP contribution in [-0.4, -0.2) is 6.61 Å². The molecule has 2 heterocycles. The van der Waals surface area contributed by atoms with Crippen molar-refractivity contribution in [2.75, 3.05) is 6.61 Å². The lowest BCUT2D eigenvalue weighted by molar-refractivity contribution is 0.282. The number of hydrogen-bond donors (Lipinski definition) is 2. The number of nitrogens with one attached hydrogen (secondary N) is 1. The molecular formula is C13H13BrN2O2. The van der Waals surface area contributed by atoms with Crippen LogP contribution in [0, 0.1) is 0 Å². The maximum Gasteiger partial charge on any atom is 0.136 e. The normalized spacial score (nSPS) is 19.3. The van der Waals surface area contributed by atoms with Gasteiger partial charge in [-0.1, -0.05) is 18.2 Å². The van der Waals surface area contributed by atoms with E-state index in [1.54, 1.807) is 6.26 Å². The number of hydrogen-bond acceptors (Lipinski definition) is 4. The van der Waals surface area contributed by atoms with E-state index in [9.17, 15) is 0 Å². The number of benzene rings is 1. The van der Waals surface area contributed by atoms with Crippen LogP contribution in [0.1, 0.15) is 23.3 Å². The second-order valence-electron chi connectivity index (χ2n) is 4.23. The first kappa shape index (κ1) is 11.8. The first-order valence-corrected chi connectivity index (χ1v) is 6.51. The van der Waals surface area contributed by atoms with Crippen LogP contribution in [-0.2, 0) is 0 Å². The molecule has 3 N–H and O–H groups in total. The Kier molecular flexibility index (Phi) is 3.11. The number of hydrazine groups is 1. The van der Waals surface area contributed by atoms with Crippen LogP contribution in [0.4, 0.5) is 0 Å². The molecule has 94 valence electrons. The summed E-state index contributed by atoms with van der Waals surface area (Å²) < 4.78 is 12.1. The topological polar surface area (TPSA) is 60.4 Å². The minimum absolute atomic E-state index is 0.113. The first-order chi connectivity index (χ1) is 8.81. The predicted octanol–water partition coefficient (Wildman–Crippen LogP) is 2.72. The van der Waals surface area contributed by atoms with Crippen LogP contribution in [0.25, 0.3) is 0 Å². The second-order valence-corrected chi connectivity index (χ2v) is 5.09. The maximum absolute atomic E-state index is 5.68. The van der Waals surface area contributed by atoms with Crippen molar-refractivity contribution in [1.29, 1.82) is 0 Å². The number of rotatable bonds is 3. The van der Waals surface area contributed by atoms with Crippen LogP contribution < -0.4 is 16.0 Å². The summed E-state index contributed by atoms with van der Waals surface area (Å²) in [5.41, 5.74) is 3.98. The molecule has 0 aliphatic carbocycles. The number of nitrogens with two attached hydrogens (primary N) is 1. The van der Waals surface area contributed by atoms with E-state index in [2.05, 4.69) is 27.4 Å². The summed E-state index contributed by atoms with van der Waals surface area (Å²) in [6, 6.07) is 9.76. The van der Waals surface area contributed by atoms with E-state index in [1.165, 1.54) is 0 Å². The molecule has 0 saturated heterocycles. The Morgan fingerprint density at radius 1 is 1.33 bits per heavy atom. The van der Waals surface area contributed by atoms with Gasteiger partial charge < -0.3 is 9.15 Å². The van der Waals surface area contributed by atoms with Gasteiger partial charge in [-0.25, -0.2) is 5.43 Å². The van der Waals surface area contributed by atoms with E-state index in [0.717, 1.165) is 21.5 Å². The molecular weight excluding hydrogens is 296 g/mol. The Morgan fingerprint density at radius 3 is 2.89 bits per heavy atom. The molecule has 0 saturated carbocycles. The minimum Gasteiger partial charge on any atom is -0.493 e. The van der Waals surface area contributed by atoms with Crippen LogP contribution in [0.2, 0.25) is 0 Å². The van der Waals surface area contributed by atoms with Gasteiger partial charge in [0, 0.05) is 11.5 Å². The molecule has 4 nitrogen and oxygen atoms in total. The number of ether oxygens (including phenoxy) is 1. The van der Waals surface area contributed by atoms with Gasteiger partial charge in [0.05, 0.1) is 23.4 Å². The van der Waals surface area contributed by atoms with Gasteiger partial charge in [-0.3, -0.25) is 5.84 Å². The molecule has 2 aromatic rings. The van der Waals surface area contributed by atoms with Gasteiger partial charge in [0.15, 0.2) is 0 Å². The summed E-state index contributed by atoms with van der Waals surface area (Å²) in [6.07, 6.45) is 1.64. The summed E-state index contributed by atoms with van der Waals surface area (Å²) in [7, 11) is 0. The van der Waals surface area contributed by atoms with Crippen molar-refractivity contribution in [2.45, 2.75) is 12.0 Å². The molecule has 1 aromatic carbocycles. The molecule has 2 atom stereocenters. The quantitative estimate of drug-likeness (QED) is 0.676. The first-order valence-electron chi connectivity index (χ1n) is 5.72. The number of furan rings is 1. The third-order valence-electron chi connectivity index (χ3n) is 3.25. The molecule has 0 fully saturated rings. The summed E-state index contributed by atoms with van der Waals surface area (Å²) in [5, 5.41) is 0. The third-order valence-corrected chi connectivity index (χ3v) is 3.90. The molecule has 0 bridgehead atoms. The fraction of sp³-hybridized carbons (Fsp3) is 0.231. The number of fused-ring (bicyclic) bond motifs is 1. The third kappa shape index (κ3) is 1.84. The Bertz CT molecular complexity index is 555. The zero-order valence-corrected chi connectivity index (χ0v) is 11.2. The van der Waals surface area contributed by atoms with E-state index in [4.69, 9.17) is 15.0 Å². The maximum atomic E-state index is 5.68. The summed E-state index contributed by atoms with van der Waals surface area (Å²) >= 11 is 3.46. The molecule has 3 rings (SSSR count). The van der Waals surface area contributed by atoms with Crippen LogP contribution >= 0.6 is 15.9 Å². The fourth-order valence-electron chi connectivity index (χ4n) is 2.37. The molecule has 2 unspecified atom stereocenters. The van der Waals surface area contributed by atoms with Crippen molar-refractivity contribution in [3.8, 4) is 5.75 Å². The van der Waals surface area contributed by atoms with Crippen LogP contribution in [0.15, 0.2) is 45.5 Å². The average Bonchev–Trinajstić information content (AvgIpc) is 2.99. The van der Waals surface area contributed by atoms with Crippen LogP contribution in [0.3, 0.4) is 0 Å². The van der Waals surface area contributed by atoms with Gasteiger partial charge in [0.2, 0.25) is 0 Å². The molecule has 1 aliphatic heterocycles. The summed E-state index contributed by atoms with van der Waals surface area (Å²) in [4.78, 5) is 0. The average molecular weight is 309 g/mol. The van der Waals surface area contributed by atoms with Gasteiger partial charge in [-0.2, -0.15) is 0 Å². The minimum atomic E-state index is -0.113. The van der Waals surface area contributed by atoms with E-state index >= 15 is 0 Å². The molecule has 0 radical (unpaired) electrons. The molecule has 5 heteroatoms. The lowest BCUT2D eigenvalue weighted by Gasteiger charge is -2.20. The van der Waals surface area contributed by atoms with Crippen molar-refractivity contribution < 1.29 is 9.15 Å². The van der Waals surface area contributed by atoms with Gasteiger partial charge in [-0.15, -0.1) is 0 Å². The Labute approximate surface area is 113 Å². The monoisotopic (exact) mass is 308 g/mol. The molecule has 18 heavy (non-hydrogen) atoms. The van der Waals surface area contributed by atoms with Crippen molar-refractivity contribution in [1.82, 2.24) is 5.43 Å². The summed E-state index contributed by atoms with van der Waals surface area (Å²) in [5.74, 6) is 7.55. The molecule has 1 aromatic heterocycles. The fourth-order valence-corrected chi connectivity index (χ4v) is 2.81. The highest BCUT2D eigenvalue weighted by Gasteiger charge is 2.34. The highest BCUT2D eigenvalue weighted by Crippen LogP contribution is 2.42. The Balaban J connectivity index is 1.98. The predicted molar refractivity (Wildman–Crippen MR) is 71.2 cm³/mol. The number of halogens is 1. The van der Waals surface area contributed by atoms with E-state index < -0.39 is 0 Å². The van der Waals surface area contributed by atoms with E-state index in [1.807, 2.05) is 24.3 Å². The van der Waals surface area contributed by atoms with Crippen molar-refractivity contribution >= 4 is 15.9 Å². The van der Waals surface area contributed by atoms with Crippen molar-refractivity contribution in [3.05, 3.63) is 52.4 Å². The van der Waals surface area contributed by atoms with Gasteiger partial charge in [0.25, 0.3) is 0 Å². The van der Waals surface area contributed by atoms with Crippen LogP contribution in [0.5, 0.6) is 5.75 Å². The van der Waals surface area contributed by atoms with E-state index in [0.29, 0.717) is 6.61 Å². The lowest BCUT2D eigenvalue weighted by atomic mass is 9.92. The van der Waals surface area contributed by atoms with Gasteiger partial charge >= 0.3 is 0 Å². The molecule has 0 spiro atoms. The zero-order valence-electron chi connectivity index (χ0n) is 9.60. The van der Waals surface area contributed by atoms with Gasteiger partial charge in [0.1, 0.15) is 11.5 Å². The lowest BCUT2D eigenvalue weighted by Crippen LogP contribution is -2.33. The molecule has 0 amide bonds. The highest BCUT2D eigenvalue weighted by molar-refractivity contribution is 9.10. The SMILES string of the molecule is NNC(c1occc1Br)C1COc2ccccc21.